The van der Waals surface area contributed by atoms with Gasteiger partial charge in [0.25, 0.3) is 5.91 Å². The van der Waals surface area contributed by atoms with E-state index in [1.807, 2.05) is 13.8 Å². The van der Waals surface area contributed by atoms with Gasteiger partial charge in [-0.05, 0) is 23.6 Å². The van der Waals surface area contributed by atoms with Gasteiger partial charge in [-0.1, -0.05) is 26.0 Å². The molecule has 22 heavy (non-hydrogen) atoms. The van der Waals surface area contributed by atoms with Gasteiger partial charge in [0.15, 0.2) is 0 Å². The second kappa shape index (κ2) is 6.57. The van der Waals surface area contributed by atoms with E-state index in [0.29, 0.717) is 12.1 Å². The Labute approximate surface area is 128 Å². The molecule has 0 aromatic heterocycles. The Bertz CT molecular complexity index is 583. The number of nitrogens with two attached hydrogens (primary N) is 1. The van der Waals surface area contributed by atoms with Crippen LogP contribution >= 0.6 is 0 Å². The SMILES string of the molecule is CC(C)[C@H](N)C(=O)Nc1ccc(CC2NC(=O)NC2=O)cc1. The molecule has 1 aliphatic rings. The van der Waals surface area contributed by atoms with E-state index < -0.39 is 18.1 Å². The number of carbonyl (C=O) groups excluding carboxylic acids is 3. The molecule has 0 bridgehead atoms. The second-order valence-electron chi connectivity index (χ2n) is 5.68. The molecule has 1 aliphatic heterocycles. The zero-order chi connectivity index (χ0) is 16.3. The number of nitrogens with one attached hydrogen (secondary N) is 3. The third-order valence-corrected chi connectivity index (χ3v) is 3.54. The molecule has 4 amide bonds. The highest BCUT2D eigenvalue weighted by atomic mass is 16.2. The Kier molecular flexibility index (Phi) is 4.77. The van der Waals surface area contributed by atoms with E-state index in [2.05, 4.69) is 16.0 Å². The fraction of sp³-hybridized carbons (Fsp3) is 0.400. The number of amides is 4. The zero-order valence-electron chi connectivity index (χ0n) is 12.6. The third-order valence-electron chi connectivity index (χ3n) is 3.54. The van der Waals surface area contributed by atoms with Crippen LogP contribution in [0.4, 0.5) is 10.5 Å². The molecule has 7 nitrogen and oxygen atoms in total. The molecule has 5 N–H and O–H groups in total. The van der Waals surface area contributed by atoms with Crippen molar-refractivity contribution in [1.82, 2.24) is 10.6 Å². The predicted molar refractivity (Wildman–Crippen MR) is 82.1 cm³/mol. The highest BCUT2D eigenvalue weighted by molar-refractivity contribution is 6.04. The van der Waals surface area contributed by atoms with Gasteiger partial charge in [-0.2, -0.15) is 0 Å². The Balaban J connectivity index is 1.94. The number of hydrogen-bond acceptors (Lipinski definition) is 4. The molecule has 1 aromatic rings. The highest BCUT2D eigenvalue weighted by Gasteiger charge is 2.29. The molecule has 0 spiro atoms. The molecule has 1 aromatic carbocycles. The smallest absolute Gasteiger partial charge is 0.322 e. The molecule has 2 atom stereocenters. The molecule has 1 heterocycles. The number of hydrogen-bond donors (Lipinski definition) is 4. The van der Waals surface area contributed by atoms with Gasteiger partial charge in [-0.3, -0.25) is 14.9 Å². The Morgan fingerprint density at radius 1 is 1.27 bits per heavy atom. The second-order valence-corrected chi connectivity index (χ2v) is 5.68. The van der Waals surface area contributed by atoms with E-state index >= 15 is 0 Å². The standard InChI is InChI=1S/C15H20N4O3/c1-8(2)12(16)14(21)17-10-5-3-9(4-6-10)7-11-13(20)19-15(22)18-11/h3-6,8,11-12H,7,16H2,1-2H3,(H,17,21)(H2,18,19,20,22)/t11?,12-/m0/s1. The van der Waals surface area contributed by atoms with E-state index in [0.717, 1.165) is 5.56 Å². The summed E-state index contributed by atoms with van der Waals surface area (Å²) in [7, 11) is 0. The maximum Gasteiger partial charge on any atom is 0.322 e. The molecule has 0 radical (unpaired) electrons. The molecule has 1 fully saturated rings. The fourth-order valence-electron chi connectivity index (χ4n) is 2.09. The van der Waals surface area contributed by atoms with Crippen molar-refractivity contribution in [3.05, 3.63) is 29.8 Å². The first kappa shape index (κ1) is 16.0. The van der Waals surface area contributed by atoms with Gasteiger partial charge < -0.3 is 16.4 Å². The summed E-state index contributed by atoms with van der Waals surface area (Å²) in [5.74, 6) is -0.501. The Hall–Kier alpha value is -2.41. The van der Waals surface area contributed by atoms with Crippen LogP contribution in [-0.4, -0.2) is 29.9 Å². The number of anilines is 1. The first-order valence-electron chi connectivity index (χ1n) is 7.13. The summed E-state index contributed by atoms with van der Waals surface area (Å²) in [4.78, 5) is 34.4. The first-order valence-corrected chi connectivity index (χ1v) is 7.13. The number of imide groups is 1. The average molecular weight is 304 g/mol. The minimum absolute atomic E-state index is 0.0590. The summed E-state index contributed by atoms with van der Waals surface area (Å²) in [5.41, 5.74) is 7.30. The van der Waals surface area contributed by atoms with Crippen LogP contribution in [-0.2, 0) is 16.0 Å². The van der Waals surface area contributed by atoms with E-state index in [1.165, 1.54) is 0 Å². The first-order chi connectivity index (χ1) is 10.4. The lowest BCUT2D eigenvalue weighted by Crippen LogP contribution is -2.39. The Morgan fingerprint density at radius 3 is 2.41 bits per heavy atom. The minimum atomic E-state index is -0.558. The number of urea groups is 1. The predicted octanol–water partition coefficient (Wildman–Crippen LogP) is 0.359. The van der Waals surface area contributed by atoms with Crippen LogP contribution in [0.3, 0.4) is 0 Å². The molecule has 118 valence electrons. The monoisotopic (exact) mass is 304 g/mol. The van der Waals surface area contributed by atoms with E-state index in [4.69, 9.17) is 5.73 Å². The van der Waals surface area contributed by atoms with Gasteiger partial charge in [0, 0.05) is 12.1 Å². The molecule has 0 saturated carbocycles. The van der Waals surface area contributed by atoms with Crippen LogP contribution in [0.15, 0.2) is 24.3 Å². The quantitative estimate of drug-likeness (QED) is 0.588. The van der Waals surface area contributed by atoms with E-state index in [1.54, 1.807) is 24.3 Å². The molecule has 0 aliphatic carbocycles. The normalized spacial score (nSPS) is 18.8. The molecular weight excluding hydrogens is 284 g/mol. The molecule has 7 heteroatoms. The van der Waals surface area contributed by atoms with Gasteiger partial charge in [0.1, 0.15) is 6.04 Å². The van der Waals surface area contributed by atoms with Crippen molar-refractivity contribution < 1.29 is 14.4 Å². The summed E-state index contributed by atoms with van der Waals surface area (Å²) in [6.07, 6.45) is 0.400. The zero-order valence-corrected chi connectivity index (χ0v) is 12.6. The van der Waals surface area contributed by atoms with Crippen LogP contribution in [0.2, 0.25) is 0 Å². The number of carbonyl (C=O) groups is 3. The summed E-state index contributed by atoms with van der Waals surface area (Å²) in [5, 5.41) is 7.47. The van der Waals surface area contributed by atoms with Crippen LogP contribution in [0.1, 0.15) is 19.4 Å². The third kappa shape index (κ3) is 3.82. The van der Waals surface area contributed by atoms with E-state index in [-0.39, 0.29) is 17.7 Å². The molecule has 2 rings (SSSR count). The summed E-state index contributed by atoms with van der Waals surface area (Å²) < 4.78 is 0. The summed E-state index contributed by atoms with van der Waals surface area (Å²) in [6, 6.07) is 5.51. The largest absolute Gasteiger partial charge is 0.326 e. The highest BCUT2D eigenvalue weighted by Crippen LogP contribution is 2.13. The van der Waals surface area contributed by atoms with Gasteiger partial charge in [-0.15, -0.1) is 0 Å². The van der Waals surface area contributed by atoms with Gasteiger partial charge >= 0.3 is 6.03 Å². The van der Waals surface area contributed by atoms with Gasteiger partial charge in [0.05, 0.1) is 6.04 Å². The lowest BCUT2D eigenvalue weighted by atomic mass is 10.0. The van der Waals surface area contributed by atoms with Crippen LogP contribution in [0.25, 0.3) is 0 Å². The number of rotatable bonds is 5. The molecular formula is C15H20N4O3. The van der Waals surface area contributed by atoms with Gasteiger partial charge in [0.2, 0.25) is 5.91 Å². The maximum atomic E-state index is 11.9. The topological polar surface area (TPSA) is 113 Å². The van der Waals surface area contributed by atoms with Crippen LogP contribution in [0.5, 0.6) is 0 Å². The summed E-state index contributed by atoms with van der Waals surface area (Å²) in [6.45, 7) is 3.77. The van der Waals surface area contributed by atoms with E-state index in [9.17, 15) is 14.4 Å². The maximum absolute atomic E-state index is 11.9. The fourth-order valence-corrected chi connectivity index (χ4v) is 2.09. The molecule has 1 unspecified atom stereocenters. The minimum Gasteiger partial charge on any atom is -0.326 e. The molecule has 1 saturated heterocycles. The number of benzene rings is 1. The van der Waals surface area contributed by atoms with Crippen molar-refractivity contribution in [2.24, 2.45) is 11.7 Å². The lowest BCUT2D eigenvalue weighted by molar-refractivity contribution is -0.120. The van der Waals surface area contributed by atoms with Crippen molar-refractivity contribution >= 4 is 23.5 Å². The van der Waals surface area contributed by atoms with Crippen molar-refractivity contribution in [2.45, 2.75) is 32.4 Å². The van der Waals surface area contributed by atoms with Crippen LogP contribution < -0.4 is 21.7 Å². The Morgan fingerprint density at radius 2 is 1.91 bits per heavy atom. The van der Waals surface area contributed by atoms with Crippen LogP contribution in [0, 0.1) is 5.92 Å². The van der Waals surface area contributed by atoms with Crippen molar-refractivity contribution in [3.8, 4) is 0 Å². The average Bonchev–Trinajstić information content (AvgIpc) is 2.78. The van der Waals surface area contributed by atoms with Crippen molar-refractivity contribution in [3.63, 3.8) is 0 Å². The van der Waals surface area contributed by atoms with Gasteiger partial charge in [-0.25, -0.2) is 4.79 Å². The van der Waals surface area contributed by atoms with Crippen molar-refractivity contribution in [1.29, 1.82) is 0 Å². The summed E-state index contributed by atoms with van der Waals surface area (Å²) >= 11 is 0. The van der Waals surface area contributed by atoms with Crippen molar-refractivity contribution in [2.75, 3.05) is 5.32 Å². The lowest BCUT2D eigenvalue weighted by Gasteiger charge is -2.15.